The molecule has 0 aromatic heterocycles. The first-order chi connectivity index (χ1) is 23.5. The van der Waals surface area contributed by atoms with Gasteiger partial charge in [-0.25, -0.2) is 0 Å². The lowest BCUT2D eigenvalue weighted by atomic mass is 9.71. The lowest BCUT2D eigenvalue weighted by Crippen LogP contribution is -2.53. The molecule has 12 nitrogen and oxygen atoms in total. The number of esters is 1. The van der Waals surface area contributed by atoms with Gasteiger partial charge in [0.2, 0.25) is 6.29 Å². The second-order valence-corrected chi connectivity index (χ2v) is 13.5. The minimum Gasteiger partial charge on any atom is -0.485 e. The third-order valence-electron chi connectivity index (χ3n) is 10.1. The predicted molar refractivity (Wildman–Crippen MR) is 176 cm³/mol. The molecular weight excluding hydrogens is 634 g/mol. The van der Waals surface area contributed by atoms with Gasteiger partial charge in [-0.15, -0.1) is 0 Å². The Kier molecular flexibility index (Phi) is 12.2. The van der Waals surface area contributed by atoms with Crippen LogP contribution in [0.1, 0.15) is 69.1 Å². The molecule has 2 fully saturated rings. The SMILES string of the molecule is CCCN1CCC[C@@H]2Cc3c(ccc(OCc4ccccc4)c3O[C@@H]3O[C@@H](COC(C)=O)[C@H](CC(=O)O)[C@H](CC(=O)O)[C@H]3CC(=O)O)C[C@H]21. The Labute approximate surface area is 286 Å². The summed E-state index contributed by atoms with van der Waals surface area (Å²) in [6.45, 7) is 5.38. The molecular formula is C37H47NO11. The highest BCUT2D eigenvalue weighted by Crippen LogP contribution is 2.47. The molecule has 12 heteroatoms. The van der Waals surface area contributed by atoms with Gasteiger partial charge in [0.1, 0.15) is 13.2 Å². The van der Waals surface area contributed by atoms with Crippen molar-refractivity contribution in [2.24, 2.45) is 23.7 Å². The van der Waals surface area contributed by atoms with Gasteiger partial charge in [0.05, 0.1) is 18.9 Å². The molecule has 0 amide bonds. The molecule has 0 bridgehead atoms. The molecule has 0 unspecified atom stereocenters. The van der Waals surface area contributed by atoms with E-state index in [0.29, 0.717) is 29.9 Å². The van der Waals surface area contributed by atoms with Crippen LogP contribution in [0.2, 0.25) is 0 Å². The highest BCUT2D eigenvalue weighted by molar-refractivity contribution is 5.70. The van der Waals surface area contributed by atoms with Crippen molar-refractivity contribution in [2.75, 3.05) is 19.7 Å². The summed E-state index contributed by atoms with van der Waals surface area (Å²) in [5.41, 5.74) is 2.98. The standard InChI is InChI=1S/C37H47NO11/c1-3-13-38-14-7-10-25-15-26-24(16-30(25)38)11-12-31(47-20-23-8-5-4-6-9-23)36(26)49-37-29(19-35(44)45)27(17-33(40)41)28(18-34(42)43)32(48-37)21-46-22(2)39/h4-6,8-9,11-12,25,27-30,32,37H,3,7,10,13-21H2,1-2H3,(H,40,41)(H,42,43)(H,44,45)/t25-,27+,28-,29-,30-,32+,37+/m1/s1. The number of hydrogen-bond donors (Lipinski definition) is 3. The molecule has 2 aliphatic heterocycles. The Morgan fingerprint density at radius 3 is 2.27 bits per heavy atom. The number of carboxylic acid groups (broad SMARTS) is 3. The summed E-state index contributed by atoms with van der Waals surface area (Å²) in [5.74, 6) is -5.98. The van der Waals surface area contributed by atoms with Gasteiger partial charge >= 0.3 is 23.9 Å². The number of aliphatic carboxylic acids is 3. The molecule has 49 heavy (non-hydrogen) atoms. The molecule has 7 atom stereocenters. The van der Waals surface area contributed by atoms with Gasteiger partial charge in [0.25, 0.3) is 0 Å². The zero-order valence-electron chi connectivity index (χ0n) is 28.1. The second kappa shape index (κ2) is 16.5. The first-order valence-corrected chi connectivity index (χ1v) is 17.2. The predicted octanol–water partition coefficient (Wildman–Crippen LogP) is 4.79. The fourth-order valence-corrected chi connectivity index (χ4v) is 8.04. The van der Waals surface area contributed by atoms with Crippen molar-refractivity contribution in [3.63, 3.8) is 0 Å². The van der Waals surface area contributed by atoms with Crippen LogP contribution in [-0.4, -0.2) is 82.2 Å². The molecule has 3 N–H and O–H groups in total. The van der Waals surface area contributed by atoms with Crippen LogP contribution in [0, 0.1) is 23.7 Å². The summed E-state index contributed by atoms with van der Waals surface area (Å²) in [5, 5.41) is 29.7. The number of ether oxygens (including phenoxy) is 4. The third-order valence-corrected chi connectivity index (χ3v) is 10.1. The monoisotopic (exact) mass is 681 g/mol. The summed E-state index contributed by atoms with van der Waals surface area (Å²) in [6, 6.07) is 13.9. The summed E-state index contributed by atoms with van der Waals surface area (Å²) in [4.78, 5) is 50.8. The van der Waals surface area contributed by atoms with Crippen LogP contribution in [0.4, 0.5) is 0 Å². The average Bonchev–Trinajstić information content (AvgIpc) is 3.05. The van der Waals surface area contributed by atoms with Crippen LogP contribution in [0.5, 0.6) is 11.5 Å². The smallest absolute Gasteiger partial charge is 0.303 e. The summed E-state index contributed by atoms with van der Waals surface area (Å²) in [7, 11) is 0. The van der Waals surface area contributed by atoms with E-state index < -0.39 is 73.3 Å². The molecule has 1 aliphatic carbocycles. The van der Waals surface area contributed by atoms with Crippen LogP contribution in [0.25, 0.3) is 0 Å². The largest absolute Gasteiger partial charge is 0.485 e. The number of likely N-dealkylation sites (tertiary alicyclic amines) is 1. The molecule has 0 saturated carbocycles. The Balaban J connectivity index is 1.56. The number of carboxylic acids is 3. The number of nitrogens with zero attached hydrogens (tertiary/aromatic N) is 1. The Hall–Kier alpha value is -4.16. The number of piperidine rings is 1. The first kappa shape index (κ1) is 36.1. The minimum atomic E-state index is -1.29. The van der Waals surface area contributed by atoms with E-state index in [1.54, 1.807) is 0 Å². The maximum absolute atomic E-state index is 12.2. The number of hydrogen-bond acceptors (Lipinski definition) is 9. The van der Waals surface area contributed by atoms with Crippen molar-refractivity contribution >= 4 is 23.9 Å². The maximum atomic E-state index is 12.2. The van der Waals surface area contributed by atoms with E-state index in [1.165, 1.54) is 6.92 Å². The zero-order valence-corrected chi connectivity index (χ0v) is 28.1. The Morgan fingerprint density at radius 2 is 1.59 bits per heavy atom. The van der Waals surface area contributed by atoms with Gasteiger partial charge in [0.15, 0.2) is 11.5 Å². The van der Waals surface area contributed by atoms with Crippen molar-refractivity contribution in [3.8, 4) is 11.5 Å². The zero-order chi connectivity index (χ0) is 35.1. The van der Waals surface area contributed by atoms with Crippen molar-refractivity contribution in [3.05, 3.63) is 59.2 Å². The number of carbonyl (C=O) groups excluding carboxylic acids is 1. The quantitative estimate of drug-likeness (QED) is 0.220. The molecule has 2 saturated heterocycles. The number of rotatable bonds is 15. The van der Waals surface area contributed by atoms with Gasteiger partial charge in [-0.05, 0) is 74.2 Å². The van der Waals surface area contributed by atoms with Gasteiger partial charge in [-0.2, -0.15) is 0 Å². The third kappa shape index (κ3) is 9.10. The summed E-state index contributed by atoms with van der Waals surface area (Å²) in [6.07, 6.45) is 0.844. The number of carbonyl (C=O) groups is 4. The highest BCUT2D eigenvalue weighted by Gasteiger charge is 2.50. The van der Waals surface area contributed by atoms with E-state index in [0.717, 1.165) is 55.5 Å². The molecule has 5 rings (SSSR count). The molecule has 0 radical (unpaired) electrons. The first-order valence-electron chi connectivity index (χ1n) is 17.2. The van der Waals surface area contributed by atoms with E-state index >= 15 is 0 Å². The molecule has 0 spiro atoms. The lowest BCUT2D eigenvalue weighted by Gasteiger charge is -2.47. The Bertz CT molecular complexity index is 1480. The molecule has 3 aliphatic rings. The molecule has 2 aromatic rings. The van der Waals surface area contributed by atoms with E-state index in [4.69, 9.17) is 18.9 Å². The van der Waals surface area contributed by atoms with E-state index in [-0.39, 0.29) is 13.2 Å². The lowest BCUT2D eigenvalue weighted by molar-refractivity contribution is -0.237. The highest BCUT2D eigenvalue weighted by atomic mass is 16.7. The number of benzene rings is 2. The van der Waals surface area contributed by atoms with E-state index in [9.17, 15) is 34.5 Å². The molecule has 2 aromatic carbocycles. The van der Waals surface area contributed by atoms with Crippen molar-refractivity contribution in [2.45, 2.75) is 90.3 Å². The van der Waals surface area contributed by atoms with E-state index in [1.807, 2.05) is 36.4 Å². The van der Waals surface area contributed by atoms with Crippen LogP contribution in [-0.2, 0) is 48.1 Å². The van der Waals surface area contributed by atoms with Gasteiger partial charge in [-0.1, -0.05) is 43.3 Å². The molecule has 2 heterocycles. The van der Waals surface area contributed by atoms with Crippen LogP contribution in [0.3, 0.4) is 0 Å². The average molecular weight is 682 g/mol. The molecule has 266 valence electrons. The normalized spacial score (nSPS) is 26.5. The summed E-state index contributed by atoms with van der Waals surface area (Å²) < 4.78 is 24.7. The Morgan fingerprint density at radius 1 is 0.898 bits per heavy atom. The second-order valence-electron chi connectivity index (χ2n) is 13.5. The van der Waals surface area contributed by atoms with Gasteiger partial charge in [-0.3, -0.25) is 24.1 Å². The fraction of sp³-hybridized carbons (Fsp3) is 0.568. The topological polar surface area (TPSA) is 169 Å². The van der Waals surface area contributed by atoms with Gasteiger partial charge < -0.3 is 34.3 Å². The number of fused-ring (bicyclic) bond motifs is 2. The van der Waals surface area contributed by atoms with Crippen molar-refractivity contribution in [1.82, 2.24) is 4.90 Å². The summed E-state index contributed by atoms with van der Waals surface area (Å²) >= 11 is 0. The maximum Gasteiger partial charge on any atom is 0.303 e. The van der Waals surface area contributed by atoms with Crippen LogP contribution in [0.15, 0.2) is 42.5 Å². The van der Waals surface area contributed by atoms with Crippen LogP contribution >= 0.6 is 0 Å². The van der Waals surface area contributed by atoms with Gasteiger partial charge in [0, 0.05) is 36.8 Å². The minimum absolute atomic E-state index is 0.244. The van der Waals surface area contributed by atoms with Crippen molar-refractivity contribution < 1.29 is 53.4 Å². The van der Waals surface area contributed by atoms with Crippen LogP contribution < -0.4 is 9.47 Å². The van der Waals surface area contributed by atoms with Crippen molar-refractivity contribution in [1.29, 1.82) is 0 Å². The van der Waals surface area contributed by atoms with E-state index in [2.05, 4.69) is 17.9 Å². The fourth-order valence-electron chi connectivity index (χ4n) is 8.04.